The number of primary amides is 1. The van der Waals surface area contributed by atoms with E-state index in [9.17, 15) is 31.5 Å². The molecule has 2 amide bonds. The highest BCUT2D eigenvalue weighted by Gasteiger charge is 2.39. The molecule has 0 aliphatic heterocycles. The Morgan fingerprint density at radius 2 is 1.88 bits per heavy atom. The van der Waals surface area contributed by atoms with E-state index in [4.69, 9.17) is 5.73 Å². The molecule has 4 aromatic rings. The number of alkyl halides is 5. The number of aryl methyl sites for hydroxylation is 2. The van der Waals surface area contributed by atoms with E-state index < -0.39 is 42.3 Å². The van der Waals surface area contributed by atoms with Crippen molar-refractivity contribution in [3.05, 3.63) is 45.5 Å². The lowest BCUT2D eigenvalue weighted by molar-refractivity contribution is -0.142. The molecule has 40 heavy (non-hydrogen) atoms. The van der Waals surface area contributed by atoms with E-state index in [1.165, 1.54) is 4.68 Å². The van der Waals surface area contributed by atoms with Crippen LogP contribution >= 0.6 is 11.3 Å². The first-order valence-electron chi connectivity index (χ1n) is 12.4. The summed E-state index contributed by atoms with van der Waals surface area (Å²) in [4.78, 5) is 29.5. The zero-order chi connectivity index (χ0) is 28.9. The lowest BCUT2D eigenvalue weighted by Gasteiger charge is -2.12. The minimum Gasteiger partial charge on any atom is -0.365 e. The molecule has 0 aromatic carbocycles. The molecule has 1 aliphatic carbocycles. The molecule has 0 fully saturated rings. The SMILES string of the molecule is Cc1nn(C)cc1-c1cc(C(F)F)nc2sc(C(N)=O)c(NC(=O)Cn3nc(C(F)(F)F)c4c3CCCCC4)c12. The van der Waals surface area contributed by atoms with Gasteiger partial charge in [-0.05, 0) is 44.2 Å². The summed E-state index contributed by atoms with van der Waals surface area (Å²) in [6.45, 7) is 1.11. The Morgan fingerprint density at radius 3 is 2.50 bits per heavy atom. The Hall–Kier alpha value is -3.88. The summed E-state index contributed by atoms with van der Waals surface area (Å²) < 4.78 is 71.2. The molecule has 3 N–H and O–H groups in total. The van der Waals surface area contributed by atoms with Crippen LogP contribution in [0.4, 0.5) is 27.6 Å². The first kappa shape index (κ1) is 27.7. The maximum atomic E-state index is 13.7. The summed E-state index contributed by atoms with van der Waals surface area (Å²) in [5, 5.41) is 10.8. The van der Waals surface area contributed by atoms with Crippen LogP contribution in [-0.2, 0) is 37.4 Å². The summed E-state index contributed by atoms with van der Waals surface area (Å²) >= 11 is 0.734. The molecule has 15 heteroatoms. The number of hydrogen-bond acceptors (Lipinski definition) is 6. The molecule has 4 heterocycles. The van der Waals surface area contributed by atoms with Crippen molar-refractivity contribution in [3.8, 4) is 11.1 Å². The number of nitrogens with one attached hydrogen (secondary N) is 1. The van der Waals surface area contributed by atoms with Crippen molar-refractivity contribution >= 4 is 39.1 Å². The summed E-state index contributed by atoms with van der Waals surface area (Å²) in [5.41, 5.74) is 5.62. The van der Waals surface area contributed by atoms with Crippen LogP contribution in [-0.4, -0.2) is 36.4 Å². The molecule has 212 valence electrons. The number of hydrogen-bond donors (Lipinski definition) is 2. The predicted molar refractivity (Wildman–Crippen MR) is 137 cm³/mol. The number of carbonyl (C=O) groups excluding carboxylic acids is 2. The molecule has 0 spiro atoms. The van der Waals surface area contributed by atoms with E-state index in [1.54, 1.807) is 20.2 Å². The first-order chi connectivity index (χ1) is 18.8. The van der Waals surface area contributed by atoms with Gasteiger partial charge in [0, 0.05) is 35.5 Å². The Bertz CT molecular complexity index is 1640. The molecule has 0 atom stereocenters. The highest BCUT2D eigenvalue weighted by atomic mass is 32.1. The van der Waals surface area contributed by atoms with E-state index in [2.05, 4.69) is 20.5 Å². The van der Waals surface area contributed by atoms with E-state index in [0.29, 0.717) is 36.2 Å². The van der Waals surface area contributed by atoms with Crippen molar-refractivity contribution in [2.45, 2.75) is 58.2 Å². The second-order valence-electron chi connectivity index (χ2n) is 9.59. The molecule has 4 aromatic heterocycles. The fourth-order valence-electron chi connectivity index (χ4n) is 5.12. The average molecular weight is 582 g/mol. The third kappa shape index (κ3) is 5.05. The van der Waals surface area contributed by atoms with Crippen molar-refractivity contribution in [3.63, 3.8) is 0 Å². The highest BCUT2D eigenvalue weighted by molar-refractivity contribution is 7.21. The summed E-state index contributed by atoms with van der Waals surface area (Å²) in [7, 11) is 1.65. The maximum Gasteiger partial charge on any atom is 0.435 e. The van der Waals surface area contributed by atoms with Crippen LogP contribution in [0.15, 0.2) is 12.3 Å². The Morgan fingerprint density at radius 1 is 1.15 bits per heavy atom. The fourth-order valence-corrected chi connectivity index (χ4v) is 6.13. The van der Waals surface area contributed by atoms with Crippen LogP contribution in [0.25, 0.3) is 21.3 Å². The third-order valence-electron chi connectivity index (χ3n) is 6.77. The van der Waals surface area contributed by atoms with Gasteiger partial charge in [0.05, 0.1) is 11.4 Å². The number of aromatic nitrogens is 5. The monoisotopic (exact) mass is 581 g/mol. The van der Waals surface area contributed by atoms with E-state index in [1.807, 2.05) is 0 Å². The zero-order valence-corrected chi connectivity index (χ0v) is 22.2. The standard InChI is InChI=1S/C25H24F5N7O2S/c1-11-14(9-36(2)34-11)13-8-15(22(26)27)32-24-18(13)19(20(40-24)23(31)39)33-17(38)10-37-16-7-5-3-4-6-12(16)21(35-37)25(28,29)30/h8-9,22H,3-7,10H2,1-2H3,(H2,31,39)(H,33,38). The normalized spacial score (nSPS) is 14.0. The van der Waals surface area contributed by atoms with Gasteiger partial charge in [0.25, 0.3) is 12.3 Å². The number of anilines is 1. The molecule has 0 bridgehead atoms. The predicted octanol–water partition coefficient (Wildman–Crippen LogP) is 5.16. The number of rotatable bonds is 6. The van der Waals surface area contributed by atoms with Crippen molar-refractivity contribution in [2.75, 3.05) is 5.32 Å². The van der Waals surface area contributed by atoms with Crippen molar-refractivity contribution < 1.29 is 31.5 Å². The number of pyridine rings is 1. The number of halogens is 5. The topological polar surface area (TPSA) is 121 Å². The largest absolute Gasteiger partial charge is 0.435 e. The van der Waals surface area contributed by atoms with Gasteiger partial charge in [-0.25, -0.2) is 13.8 Å². The van der Waals surface area contributed by atoms with E-state index >= 15 is 0 Å². The molecule has 0 unspecified atom stereocenters. The van der Waals surface area contributed by atoms with Gasteiger partial charge in [-0.3, -0.25) is 19.0 Å². The third-order valence-corrected chi connectivity index (χ3v) is 7.86. The van der Waals surface area contributed by atoms with Gasteiger partial charge in [0.2, 0.25) is 5.91 Å². The van der Waals surface area contributed by atoms with Crippen LogP contribution < -0.4 is 11.1 Å². The Labute approximate surface area is 228 Å². The van der Waals surface area contributed by atoms with Gasteiger partial charge in [-0.1, -0.05) is 6.42 Å². The van der Waals surface area contributed by atoms with Gasteiger partial charge in [-0.15, -0.1) is 11.3 Å². The van der Waals surface area contributed by atoms with Crippen LogP contribution in [0.3, 0.4) is 0 Å². The second-order valence-corrected chi connectivity index (χ2v) is 10.6. The van der Waals surface area contributed by atoms with Crippen LogP contribution in [0.2, 0.25) is 0 Å². The minimum absolute atomic E-state index is 0.0347. The van der Waals surface area contributed by atoms with Crippen molar-refractivity contribution in [2.24, 2.45) is 12.8 Å². The van der Waals surface area contributed by atoms with Crippen LogP contribution in [0.5, 0.6) is 0 Å². The highest BCUT2D eigenvalue weighted by Crippen LogP contribution is 2.43. The average Bonchev–Trinajstić information content (AvgIpc) is 3.44. The van der Waals surface area contributed by atoms with Crippen LogP contribution in [0, 0.1) is 6.92 Å². The molecule has 5 rings (SSSR count). The van der Waals surface area contributed by atoms with Gasteiger partial charge in [0.1, 0.15) is 21.9 Å². The number of amides is 2. The summed E-state index contributed by atoms with van der Waals surface area (Å²) in [5.74, 6) is -1.70. The Kier molecular flexibility index (Phi) is 7.10. The van der Waals surface area contributed by atoms with Gasteiger partial charge in [-0.2, -0.15) is 23.4 Å². The van der Waals surface area contributed by atoms with Crippen molar-refractivity contribution in [1.82, 2.24) is 24.5 Å². The van der Waals surface area contributed by atoms with Gasteiger partial charge >= 0.3 is 6.18 Å². The number of thiophene rings is 1. The lowest BCUT2D eigenvalue weighted by Crippen LogP contribution is -2.23. The number of fused-ring (bicyclic) bond motifs is 2. The number of carbonyl (C=O) groups is 2. The fraction of sp³-hybridized carbons (Fsp3) is 0.400. The first-order valence-corrected chi connectivity index (χ1v) is 13.2. The van der Waals surface area contributed by atoms with Gasteiger partial charge in [0.15, 0.2) is 5.69 Å². The van der Waals surface area contributed by atoms with Crippen LogP contribution in [0.1, 0.15) is 63.7 Å². The lowest BCUT2D eigenvalue weighted by atomic mass is 10.0. The van der Waals surface area contributed by atoms with Gasteiger partial charge < -0.3 is 11.1 Å². The van der Waals surface area contributed by atoms with E-state index in [0.717, 1.165) is 28.5 Å². The minimum atomic E-state index is -4.68. The summed E-state index contributed by atoms with van der Waals surface area (Å²) in [6, 6.07) is 1.16. The number of nitrogens with zero attached hydrogens (tertiary/aromatic N) is 5. The molecule has 1 aliphatic rings. The molecular formula is C25H24F5N7O2S. The molecule has 0 saturated heterocycles. The zero-order valence-electron chi connectivity index (χ0n) is 21.4. The molecule has 0 radical (unpaired) electrons. The molecule has 9 nitrogen and oxygen atoms in total. The molecular weight excluding hydrogens is 557 g/mol. The molecule has 0 saturated carbocycles. The maximum absolute atomic E-state index is 13.7. The number of nitrogens with two attached hydrogens (primary N) is 1. The Balaban J connectivity index is 1.61. The summed E-state index contributed by atoms with van der Waals surface area (Å²) in [6.07, 6.45) is -3.46. The van der Waals surface area contributed by atoms with Crippen molar-refractivity contribution in [1.29, 1.82) is 0 Å². The smallest absolute Gasteiger partial charge is 0.365 e. The second kappa shape index (κ2) is 10.3. The quantitative estimate of drug-likeness (QED) is 0.241. The van der Waals surface area contributed by atoms with E-state index in [-0.39, 0.29) is 38.3 Å².